The summed E-state index contributed by atoms with van der Waals surface area (Å²) in [6.07, 6.45) is 2.17. The second kappa shape index (κ2) is 6.57. The minimum atomic E-state index is -0.435. The van der Waals surface area contributed by atoms with Crippen LogP contribution in [-0.4, -0.2) is 32.4 Å². The van der Waals surface area contributed by atoms with Crippen molar-refractivity contribution in [2.45, 2.75) is 30.4 Å². The van der Waals surface area contributed by atoms with Gasteiger partial charge in [-0.05, 0) is 18.9 Å². The first-order valence-electron chi connectivity index (χ1n) is 7.13. The predicted molar refractivity (Wildman–Crippen MR) is 88.9 cm³/mol. The highest BCUT2D eigenvalue weighted by Gasteiger charge is 2.23. The van der Waals surface area contributed by atoms with Crippen molar-refractivity contribution in [1.82, 2.24) is 14.1 Å². The van der Waals surface area contributed by atoms with Crippen LogP contribution in [0, 0.1) is 6.92 Å². The van der Waals surface area contributed by atoms with Gasteiger partial charge in [0.1, 0.15) is 10.9 Å². The molecule has 7 nitrogen and oxygen atoms in total. The average Bonchev–Trinajstić information content (AvgIpc) is 2.56. The number of hydrogen-bond donors (Lipinski definition) is 0. The van der Waals surface area contributed by atoms with E-state index in [2.05, 4.69) is 4.98 Å². The van der Waals surface area contributed by atoms with E-state index in [0.29, 0.717) is 22.3 Å². The molecular formula is C15H19N3O4S. The molecule has 0 bridgehead atoms. The van der Waals surface area contributed by atoms with Gasteiger partial charge in [0, 0.05) is 25.2 Å². The maximum Gasteiger partial charge on any atom is 0.332 e. The number of hydrogen-bond acceptors (Lipinski definition) is 6. The van der Waals surface area contributed by atoms with Crippen LogP contribution in [0.1, 0.15) is 18.9 Å². The summed E-state index contributed by atoms with van der Waals surface area (Å²) in [5, 5.41) is -0.0757. The third-order valence-electron chi connectivity index (χ3n) is 3.69. The van der Waals surface area contributed by atoms with Gasteiger partial charge in [0.05, 0.1) is 12.5 Å². The molecule has 0 aromatic carbocycles. The molecule has 0 amide bonds. The van der Waals surface area contributed by atoms with E-state index in [1.165, 1.54) is 30.5 Å². The zero-order valence-corrected chi connectivity index (χ0v) is 14.6. The zero-order chi connectivity index (χ0) is 17.3. The van der Waals surface area contributed by atoms with E-state index < -0.39 is 16.5 Å². The average molecular weight is 337 g/mol. The van der Waals surface area contributed by atoms with E-state index in [1.807, 2.05) is 13.8 Å². The molecule has 0 spiro atoms. The number of aryl methyl sites for hydroxylation is 2. The number of thioether (sulfide) groups is 1. The van der Waals surface area contributed by atoms with E-state index in [9.17, 15) is 14.4 Å². The van der Waals surface area contributed by atoms with Gasteiger partial charge in [0.2, 0.25) is 0 Å². The lowest BCUT2D eigenvalue weighted by Gasteiger charge is -2.16. The molecule has 0 radical (unpaired) electrons. The molecule has 0 aliphatic carbocycles. The number of rotatable bonds is 4. The Balaban J connectivity index is 2.78. The van der Waals surface area contributed by atoms with Crippen LogP contribution in [0.2, 0.25) is 0 Å². The lowest BCUT2D eigenvalue weighted by molar-refractivity contribution is -0.140. The van der Waals surface area contributed by atoms with Crippen LogP contribution in [0.25, 0.3) is 11.0 Å². The standard InChI is InChI=1S/C15H19N3O4S/c1-6-9(14(20)22-5)23-11-8(2)7-16-12-10(11)13(19)18(4)15(21)17(12)3/h7,9H,6H2,1-5H3/t9-/m1/s1. The van der Waals surface area contributed by atoms with E-state index in [-0.39, 0.29) is 5.97 Å². The Hall–Kier alpha value is -2.09. The second-order valence-electron chi connectivity index (χ2n) is 5.21. The summed E-state index contributed by atoms with van der Waals surface area (Å²) in [5.74, 6) is -0.344. The Bertz CT molecular complexity index is 885. The summed E-state index contributed by atoms with van der Waals surface area (Å²) in [6.45, 7) is 3.70. The molecule has 8 heteroatoms. The van der Waals surface area contributed by atoms with Crippen molar-refractivity contribution in [1.29, 1.82) is 0 Å². The van der Waals surface area contributed by atoms with Crippen LogP contribution < -0.4 is 11.2 Å². The third kappa shape index (κ3) is 2.90. The van der Waals surface area contributed by atoms with Gasteiger partial charge in [-0.15, -0.1) is 11.8 Å². The van der Waals surface area contributed by atoms with Gasteiger partial charge >= 0.3 is 11.7 Å². The molecule has 23 heavy (non-hydrogen) atoms. The maximum absolute atomic E-state index is 12.6. The van der Waals surface area contributed by atoms with Crippen LogP contribution in [0.3, 0.4) is 0 Å². The number of pyridine rings is 1. The number of carbonyl (C=O) groups is 1. The molecule has 2 heterocycles. The van der Waals surface area contributed by atoms with Crippen molar-refractivity contribution in [3.8, 4) is 0 Å². The molecule has 2 rings (SSSR count). The smallest absolute Gasteiger partial charge is 0.332 e. The first kappa shape index (κ1) is 17.3. The SMILES string of the molecule is CC[C@@H](Sc1c(C)cnc2c1c(=O)n(C)c(=O)n2C)C(=O)OC. The molecule has 0 aliphatic heterocycles. The number of methoxy groups -OCH3 is 1. The molecule has 0 saturated heterocycles. The van der Waals surface area contributed by atoms with Crippen molar-refractivity contribution in [2.24, 2.45) is 14.1 Å². The highest BCUT2D eigenvalue weighted by molar-refractivity contribution is 8.00. The minimum absolute atomic E-state index is 0.311. The first-order chi connectivity index (χ1) is 10.8. The lowest BCUT2D eigenvalue weighted by atomic mass is 10.2. The van der Waals surface area contributed by atoms with Crippen molar-refractivity contribution < 1.29 is 9.53 Å². The van der Waals surface area contributed by atoms with Gasteiger partial charge in [-0.2, -0.15) is 0 Å². The third-order valence-corrected chi connectivity index (χ3v) is 5.27. The zero-order valence-electron chi connectivity index (χ0n) is 13.7. The highest BCUT2D eigenvalue weighted by Crippen LogP contribution is 2.32. The van der Waals surface area contributed by atoms with Crippen molar-refractivity contribution in [2.75, 3.05) is 7.11 Å². The summed E-state index contributed by atoms with van der Waals surface area (Å²) in [4.78, 5) is 41.3. The van der Waals surface area contributed by atoms with Crippen LogP contribution >= 0.6 is 11.8 Å². The lowest BCUT2D eigenvalue weighted by Crippen LogP contribution is -2.37. The number of ether oxygens (including phenoxy) is 1. The van der Waals surface area contributed by atoms with E-state index in [1.54, 1.807) is 13.2 Å². The summed E-state index contributed by atoms with van der Waals surface area (Å²) in [5.41, 5.74) is 0.239. The Kier molecular flexibility index (Phi) is 4.93. The first-order valence-corrected chi connectivity index (χ1v) is 8.01. The van der Waals surface area contributed by atoms with E-state index in [4.69, 9.17) is 4.74 Å². The number of nitrogens with zero attached hydrogens (tertiary/aromatic N) is 3. The summed E-state index contributed by atoms with van der Waals surface area (Å²) < 4.78 is 7.19. The largest absolute Gasteiger partial charge is 0.468 e. The second-order valence-corrected chi connectivity index (χ2v) is 6.43. The number of carbonyl (C=O) groups excluding carboxylic acids is 1. The van der Waals surface area contributed by atoms with Gasteiger partial charge in [0.25, 0.3) is 5.56 Å². The van der Waals surface area contributed by atoms with Gasteiger partial charge in [0.15, 0.2) is 0 Å². The number of esters is 1. The molecule has 124 valence electrons. The van der Waals surface area contributed by atoms with Gasteiger partial charge in [-0.1, -0.05) is 6.92 Å². The molecule has 1 atom stereocenters. The van der Waals surface area contributed by atoms with Crippen LogP contribution in [0.5, 0.6) is 0 Å². The quantitative estimate of drug-likeness (QED) is 0.611. The number of fused-ring (bicyclic) bond motifs is 1. The fourth-order valence-corrected chi connectivity index (χ4v) is 3.50. The Morgan fingerprint density at radius 1 is 1.35 bits per heavy atom. The Morgan fingerprint density at radius 3 is 2.57 bits per heavy atom. The van der Waals surface area contributed by atoms with E-state index >= 15 is 0 Å². The maximum atomic E-state index is 12.6. The minimum Gasteiger partial charge on any atom is -0.468 e. The molecule has 0 fully saturated rings. The molecule has 0 saturated carbocycles. The highest BCUT2D eigenvalue weighted by atomic mass is 32.2. The number of aromatic nitrogens is 3. The van der Waals surface area contributed by atoms with Crippen molar-refractivity contribution >= 4 is 28.8 Å². The monoisotopic (exact) mass is 337 g/mol. The van der Waals surface area contributed by atoms with Crippen LogP contribution in [-0.2, 0) is 23.6 Å². The summed E-state index contributed by atoms with van der Waals surface area (Å²) in [6, 6.07) is 0. The van der Waals surface area contributed by atoms with Crippen LogP contribution in [0.15, 0.2) is 20.7 Å². The van der Waals surface area contributed by atoms with Crippen molar-refractivity contribution in [3.05, 3.63) is 32.6 Å². The van der Waals surface area contributed by atoms with Crippen LogP contribution in [0.4, 0.5) is 0 Å². The van der Waals surface area contributed by atoms with Gasteiger partial charge in [-0.25, -0.2) is 9.78 Å². The summed E-state index contributed by atoms with van der Waals surface area (Å²) >= 11 is 1.27. The fraction of sp³-hybridized carbons (Fsp3) is 0.467. The molecule has 2 aromatic rings. The Morgan fingerprint density at radius 2 is 2.00 bits per heavy atom. The van der Waals surface area contributed by atoms with Crippen molar-refractivity contribution in [3.63, 3.8) is 0 Å². The summed E-state index contributed by atoms with van der Waals surface area (Å²) in [7, 11) is 4.34. The molecule has 2 aromatic heterocycles. The molecule has 0 N–H and O–H groups in total. The normalized spacial score (nSPS) is 12.4. The molecule has 0 aliphatic rings. The Labute approximate surface area is 137 Å². The predicted octanol–water partition coefficient (Wildman–Crippen LogP) is 0.984. The molecule has 0 unspecified atom stereocenters. The fourth-order valence-electron chi connectivity index (χ4n) is 2.32. The topological polar surface area (TPSA) is 83.2 Å². The van der Waals surface area contributed by atoms with Gasteiger partial charge in [-0.3, -0.25) is 18.7 Å². The van der Waals surface area contributed by atoms with E-state index in [0.717, 1.165) is 10.1 Å². The molecular weight excluding hydrogens is 318 g/mol. The van der Waals surface area contributed by atoms with Gasteiger partial charge < -0.3 is 4.74 Å².